The average Bonchev–Trinajstić information content (AvgIpc) is 2.72. The van der Waals surface area contributed by atoms with Crippen LogP contribution >= 0.6 is 0 Å². The van der Waals surface area contributed by atoms with Gasteiger partial charge in [0.05, 0.1) is 0 Å². The smallest absolute Gasteiger partial charge is 0.272 e. The molecule has 0 radical (unpaired) electrons. The van der Waals surface area contributed by atoms with Crippen molar-refractivity contribution in [3.8, 4) is 0 Å². The summed E-state index contributed by atoms with van der Waals surface area (Å²) in [6, 6.07) is 6.18. The standard InChI is InChI=1S/C20H27N5O/c1-3-17-6-4-5-12-25(17)20(26)18-14-19(23-15-22-18)24(2)13-9-16-7-10-21-11-8-16/h7-8,10-11,14-15,17H,3-6,9,12-13H2,1-2H3. The van der Waals surface area contributed by atoms with Gasteiger partial charge in [-0.1, -0.05) is 6.92 Å². The van der Waals surface area contributed by atoms with Gasteiger partial charge in [-0.3, -0.25) is 9.78 Å². The average molecular weight is 353 g/mol. The number of carbonyl (C=O) groups is 1. The van der Waals surface area contributed by atoms with Gasteiger partial charge in [0, 0.05) is 44.6 Å². The lowest BCUT2D eigenvalue weighted by Gasteiger charge is -2.35. The molecule has 2 aromatic rings. The van der Waals surface area contributed by atoms with Crippen molar-refractivity contribution in [2.75, 3.05) is 25.0 Å². The minimum Gasteiger partial charge on any atom is -0.359 e. The molecule has 0 N–H and O–H groups in total. The lowest BCUT2D eigenvalue weighted by atomic mass is 9.99. The molecule has 3 rings (SSSR count). The number of nitrogens with zero attached hydrogens (tertiary/aromatic N) is 5. The van der Waals surface area contributed by atoms with Crippen LogP contribution in [0, 0.1) is 0 Å². The molecule has 3 heterocycles. The van der Waals surface area contributed by atoms with E-state index in [-0.39, 0.29) is 5.91 Å². The van der Waals surface area contributed by atoms with E-state index in [1.807, 2.05) is 30.1 Å². The molecule has 138 valence electrons. The number of pyridine rings is 1. The van der Waals surface area contributed by atoms with Gasteiger partial charge in [-0.2, -0.15) is 0 Å². The maximum absolute atomic E-state index is 12.9. The normalized spacial score (nSPS) is 17.2. The van der Waals surface area contributed by atoms with Gasteiger partial charge >= 0.3 is 0 Å². The van der Waals surface area contributed by atoms with Gasteiger partial charge in [0.15, 0.2) is 0 Å². The molecule has 1 amide bonds. The maximum Gasteiger partial charge on any atom is 0.272 e. The summed E-state index contributed by atoms with van der Waals surface area (Å²) in [6.45, 7) is 3.79. The number of rotatable bonds is 6. The Morgan fingerprint density at radius 1 is 1.27 bits per heavy atom. The number of hydrogen-bond acceptors (Lipinski definition) is 5. The summed E-state index contributed by atoms with van der Waals surface area (Å²) in [5.41, 5.74) is 1.72. The number of anilines is 1. The Balaban J connectivity index is 1.68. The molecule has 1 fully saturated rings. The van der Waals surface area contributed by atoms with Gasteiger partial charge in [0.2, 0.25) is 0 Å². The van der Waals surface area contributed by atoms with E-state index >= 15 is 0 Å². The van der Waals surface area contributed by atoms with Gasteiger partial charge in [0.25, 0.3) is 5.91 Å². The molecular formula is C20H27N5O. The summed E-state index contributed by atoms with van der Waals surface area (Å²) in [5.74, 6) is 0.810. The molecule has 1 atom stereocenters. The van der Waals surface area contributed by atoms with Crippen LogP contribution in [0.1, 0.15) is 48.7 Å². The van der Waals surface area contributed by atoms with Crippen molar-refractivity contribution in [2.24, 2.45) is 0 Å². The second kappa shape index (κ2) is 8.74. The fourth-order valence-corrected chi connectivity index (χ4v) is 3.47. The van der Waals surface area contributed by atoms with E-state index in [2.05, 4.69) is 26.8 Å². The molecule has 0 spiro atoms. The van der Waals surface area contributed by atoms with E-state index in [1.54, 1.807) is 12.4 Å². The Morgan fingerprint density at radius 2 is 2.08 bits per heavy atom. The molecule has 1 unspecified atom stereocenters. The molecule has 0 saturated carbocycles. The van der Waals surface area contributed by atoms with Gasteiger partial charge in [-0.05, 0) is 49.8 Å². The Hall–Kier alpha value is -2.50. The molecule has 6 heteroatoms. The van der Waals surface area contributed by atoms with Gasteiger partial charge in [-0.25, -0.2) is 9.97 Å². The van der Waals surface area contributed by atoms with Gasteiger partial charge in [0.1, 0.15) is 17.8 Å². The molecule has 0 aromatic carbocycles. The Labute approximate surface area is 155 Å². The quantitative estimate of drug-likeness (QED) is 0.799. The predicted octanol–water partition coefficient (Wildman–Crippen LogP) is 2.96. The van der Waals surface area contributed by atoms with E-state index < -0.39 is 0 Å². The highest BCUT2D eigenvalue weighted by Gasteiger charge is 2.27. The number of carbonyl (C=O) groups excluding carboxylic acids is 1. The highest BCUT2D eigenvalue weighted by Crippen LogP contribution is 2.22. The zero-order valence-electron chi connectivity index (χ0n) is 15.6. The van der Waals surface area contributed by atoms with Crippen LogP contribution in [-0.4, -0.2) is 51.9 Å². The van der Waals surface area contributed by atoms with Crippen LogP contribution < -0.4 is 4.90 Å². The Kier molecular flexibility index (Phi) is 6.15. The number of likely N-dealkylation sites (tertiary alicyclic amines) is 1. The first-order valence-corrected chi connectivity index (χ1v) is 9.42. The number of aromatic nitrogens is 3. The molecule has 1 aliphatic rings. The zero-order valence-corrected chi connectivity index (χ0v) is 15.6. The first-order chi connectivity index (χ1) is 12.7. The SMILES string of the molecule is CCC1CCCCN1C(=O)c1cc(N(C)CCc2ccncc2)ncn1. The second-order valence-electron chi connectivity index (χ2n) is 6.84. The van der Waals surface area contributed by atoms with E-state index in [4.69, 9.17) is 0 Å². The van der Waals surface area contributed by atoms with Crippen LogP contribution in [0.15, 0.2) is 36.9 Å². The van der Waals surface area contributed by atoms with Crippen molar-refractivity contribution >= 4 is 11.7 Å². The zero-order chi connectivity index (χ0) is 18.4. The van der Waals surface area contributed by atoms with Gasteiger partial charge < -0.3 is 9.80 Å². The van der Waals surface area contributed by atoms with Crippen LogP contribution in [0.5, 0.6) is 0 Å². The summed E-state index contributed by atoms with van der Waals surface area (Å²) >= 11 is 0. The maximum atomic E-state index is 12.9. The Bertz CT molecular complexity index is 721. The summed E-state index contributed by atoms with van der Waals surface area (Å²) in [5, 5.41) is 0. The van der Waals surface area contributed by atoms with Crippen LogP contribution in [-0.2, 0) is 6.42 Å². The molecular weight excluding hydrogens is 326 g/mol. The monoisotopic (exact) mass is 353 g/mol. The number of likely N-dealkylation sites (N-methyl/N-ethyl adjacent to an activating group) is 1. The van der Waals surface area contributed by atoms with Crippen molar-refractivity contribution < 1.29 is 4.79 Å². The largest absolute Gasteiger partial charge is 0.359 e. The van der Waals surface area contributed by atoms with Crippen LogP contribution in [0.2, 0.25) is 0 Å². The third-order valence-electron chi connectivity index (χ3n) is 5.11. The molecule has 6 nitrogen and oxygen atoms in total. The van der Waals surface area contributed by atoms with Crippen LogP contribution in [0.25, 0.3) is 0 Å². The van der Waals surface area contributed by atoms with Crippen molar-refractivity contribution in [1.29, 1.82) is 0 Å². The van der Waals surface area contributed by atoms with Gasteiger partial charge in [-0.15, -0.1) is 0 Å². The molecule has 2 aromatic heterocycles. The number of hydrogen-bond donors (Lipinski definition) is 0. The lowest BCUT2D eigenvalue weighted by molar-refractivity contribution is 0.0602. The van der Waals surface area contributed by atoms with E-state index in [9.17, 15) is 4.79 Å². The number of piperidine rings is 1. The van der Waals surface area contributed by atoms with E-state index in [0.29, 0.717) is 11.7 Å². The minimum atomic E-state index is 0.0303. The van der Waals surface area contributed by atoms with Crippen molar-refractivity contribution in [3.05, 3.63) is 48.2 Å². The van der Waals surface area contributed by atoms with E-state index in [0.717, 1.165) is 44.6 Å². The van der Waals surface area contributed by atoms with Crippen LogP contribution in [0.3, 0.4) is 0 Å². The van der Waals surface area contributed by atoms with E-state index in [1.165, 1.54) is 18.3 Å². The fourth-order valence-electron chi connectivity index (χ4n) is 3.47. The number of amides is 1. The van der Waals surface area contributed by atoms with Crippen molar-refractivity contribution in [3.63, 3.8) is 0 Å². The first-order valence-electron chi connectivity index (χ1n) is 9.42. The summed E-state index contributed by atoms with van der Waals surface area (Å²) in [4.78, 5) is 29.6. The van der Waals surface area contributed by atoms with Crippen LogP contribution in [0.4, 0.5) is 5.82 Å². The second-order valence-corrected chi connectivity index (χ2v) is 6.84. The fraction of sp³-hybridized carbons (Fsp3) is 0.500. The highest BCUT2D eigenvalue weighted by atomic mass is 16.2. The molecule has 1 aliphatic heterocycles. The van der Waals surface area contributed by atoms with Crippen molar-refractivity contribution in [1.82, 2.24) is 19.9 Å². The summed E-state index contributed by atoms with van der Waals surface area (Å²) < 4.78 is 0. The molecule has 26 heavy (non-hydrogen) atoms. The minimum absolute atomic E-state index is 0.0303. The Morgan fingerprint density at radius 3 is 2.85 bits per heavy atom. The topological polar surface area (TPSA) is 62.2 Å². The third-order valence-corrected chi connectivity index (χ3v) is 5.11. The third kappa shape index (κ3) is 4.36. The summed E-state index contributed by atoms with van der Waals surface area (Å²) in [7, 11) is 1.99. The predicted molar refractivity (Wildman–Crippen MR) is 102 cm³/mol. The first kappa shape index (κ1) is 18.3. The summed E-state index contributed by atoms with van der Waals surface area (Å²) in [6.07, 6.45) is 10.4. The molecule has 0 bridgehead atoms. The van der Waals surface area contributed by atoms with Crippen molar-refractivity contribution in [2.45, 2.75) is 45.1 Å². The molecule has 0 aliphatic carbocycles. The lowest BCUT2D eigenvalue weighted by Crippen LogP contribution is -2.43. The molecule has 1 saturated heterocycles. The highest BCUT2D eigenvalue weighted by molar-refractivity contribution is 5.93.